The zero-order chi connectivity index (χ0) is 28.1. The fourth-order valence-corrected chi connectivity index (χ4v) is 7.13. The highest BCUT2D eigenvalue weighted by Crippen LogP contribution is 2.41. The molecule has 2 aliphatic heterocycles. The molecule has 1 fully saturated rings. The van der Waals surface area contributed by atoms with Crippen LogP contribution in [-0.4, -0.2) is 89.2 Å². The van der Waals surface area contributed by atoms with Crippen molar-refractivity contribution in [2.45, 2.75) is 15.8 Å². The largest absolute Gasteiger partial charge is 0.490 e. The van der Waals surface area contributed by atoms with E-state index in [1.807, 2.05) is 18.2 Å². The normalized spacial score (nSPS) is 18.6. The fourth-order valence-electron chi connectivity index (χ4n) is 3.72. The minimum absolute atomic E-state index is 0.0184. The lowest BCUT2D eigenvalue weighted by Crippen LogP contribution is -2.71. The highest BCUT2D eigenvalue weighted by atomic mass is 32.2. The van der Waals surface area contributed by atoms with E-state index in [1.165, 1.54) is 39.8 Å². The van der Waals surface area contributed by atoms with Crippen molar-refractivity contribution < 1.29 is 29.1 Å². The first-order valence-electron chi connectivity index (χ1n) is 11.5. The summed E-state index contributed by atoms with van der Waals surface area (Å²) in [7, 11) is 0. The predicted molar refractivity (Wildman–Crippen MR) is 149 cm³/mol. The molecule has 5 rings (SSSR count). The second-order valence-corrected chi connectivity index (χ2v) is 11.9. The number of para-hydroxylation sites is 1. The number of rotatable bonds is 12. The first-order chi connectivity index (χ1) is 19.4. The molecule has 2 aliphatic rings. The van der Waals surface area contributed by atoms with Gasteiger partial charge in [-0.3, -0.25) is 14.5 Å². The number of carboxylic acid groups (broad SMARTS) is 1. The van der Waals surface area contributed by atoms with Crippen molar-refractivity contribution >= 4 is 75.0 Å². The van der Waals surface area contributed by atoms with E-state index >= 15 is 0 Å². The first kappa shape index (κ1) is 27.8. The van der Waals surface area contributed by atoms with Crippen molar-refractivity contribution in [1.82, 2.24) is 29.8 Å². The Morgan fingerprint density at radius 2 is 2.10 bits per heavy atom. The third-order valence-corrected chi connectivity index (χ3v) is 9.29. The highest BCUT2D eigenvalue weighted by Gasteiger charge is 2.54. The van der Waals surface area contributed by atoms with Crippen molar-refractivity contribution in [3.8, 4) is 5.75 Å². The summed E-state index contributed by atoms with van der Waals surface area (Å²) in [5.74, 6) is -1.24. The Morgan fingerprint density at radius 1 is 1.27 bits per heavy atom. The van der Waals surface area contributed by atoms with Crippen molar-refractivity contribution in [2.24, 2.45) is 5.16 Å². The Balaban J connectivity index is 1.24. The molecule has 3 aromatic rings. The van der Waals surface area contributed by atoms with Crippen LogP contribution < -0.4 is 15.8 Å². The zero-order valence-corrected chi connectivity index (χ0v) is 23.6. The van der Waals surface area contributed by atoms with Crippen LogP contribution in [0.5, 0.6) is 5.75 Å². The summed E-state index contributed by atoms with van der Waals surface area (Å²) < 4.78 is 10.3. The number of ether oxygens (including phenoxy) is 1. The van der Waals surface area contributed by atoms with E-state index in [9.17, 15) is 19.5 Å². The van der Waals surface area contributed by atoms with Gasteiger partial charge in [-0.25, -0.2) is 4.79 Å². The molecule has 2 aromatic heterocycles. The number of benzene rings is 1. The van der Waals surface area contributed by atoms with Gasteiger partial charge < -0.3 is 25.7 Å². The molecule has 2 amide bonds. The number of nitrogens with zero attached hydrogens (tertiary/aromatic N) is 6. The number of oxime groups is 1. The lowest BCUT2D eigenvalue weighted by atomic mass is 10.0. The smallest absolute Gasteiger partial charge is 0.352 e. The summed E-state index contributed by atoms with van der Waals surface area (Å²) >= 11 is 4.92. The number of nitrogen functional groups attached to an aromatic ring is 1. The minimum atomic E-state index is -1.22. The number of aromatic nitrogens is 4. The molecule has 2 atom stereocenters. The first-order valence-corrected chi connectivity index (χ1v) is 15.2. The van der Waals surface area contributed by atoms with E-state index in [-0.39, 0.29) is 35.6 Å². The summed E-state index contributed by atoms with van der Waals surface area (Å²) in [5.41, 5.74) is 7.50. The van der Waals surface area contributed by atoms with Gasteiger partial charge in [-0.05, 0) is 17.7 Å². The molecule has 14 nitrogen and oxygen atoms in total. The molecular weight excluding hydrogens is 601 g/mol. The van der Waals surface area contributed by atoms with Crippen molar-refractivity contribution in [2.75, 3.05) is 30.5 Å². The Morgan fingerprint density at radius 3 is 2.80 bits per heavy atom. The maximum atomic E-state index is 13.2. The Labute approximate surface area is 243 Å². The van der Waals surface area contributed by atoms with Gasteiger partial charge in [0, 0.05) is 23.0 Å². The summed E-state index contributed by atoms with van der Waals surface area (Å²) in [6, 6.07) is 8.12. The van der Waals surface area contributed by atoms with Crippen molar-refractivity contribution in [1.29, 1.82) is 0 Å². The molecule has 18 heteroatoms. The van der Waals surface area contributed by atoms with Crippen LogP contribution in [0.3, 0.4) is 0 Å². The number of carbonyl (C=O) groups is 3. The monoisotopic (exact) mass is 620 g/mol. The molecule has 1 saturated heterocycles. The fraction of sp³-hybridized carbons (Fsp3) is 0.273. The summed E-state index contributed by atoms with van der Waals surface area (Å²) in [6.45, 7) is 0.179. The average Bonchev–Trinajstić information content (AvgIpc) is 3.64. The second kappa shape index (κ2) is 12.6. The SMILES string of the molecule is Nc1nc(C(=NOCCOc2ccccc2)C(=O)NC2C(=O)N3C(C(=O)O)=C(CSc4nncs4)CS[C@@H]23)ns1. The molecule has 4 N–H and O–H groups in total. The maximum Gasteiger partial charge on any atom is 0.352 e. The standard InChI is InChI=1S/C22H20N8O6S4/c23-21-26-16(29-40-21)13(28-36-7-6-35-12-4-2-1-3-5-12)17(31)25-14-18(32)30-15(20(33)34)11(8-37-19(14)30)9-38-22-27-24-10-39-22/h1-5,10,14,19H,6-9H2,(H,25,31)(H,33,34)(H2,23,26,29)/t14?,19-/m0/s1. The highest BCUT2D eigenvalue weighted by molar-refractivity contribution is 8.01. The Kier molecular flexibility index (Phi) is 8.78. The summed E-state index contributed by atoms with van der Waals surface area (Å²) in [6.07, 6.45) is 0. The zero-order valence-electron chi connectivity index (χ0n) is 20.3. The van der Waals surface area contributed by atoms with E-state index in [1.54, 1.807) is 17.6 Å². The number of amides is 2. The molecule has 0 radical (unpaired) electrons. The van der Waals surface area contributed by atoms with Gasteiger partial charge in [-0.1, -0.05) is 46.5 Å². The van der Waals surface area contributed by atoms with Crippen molar-refractivity contribution in [3.05, 3.63) is 52.9 Å². The molecule has 208 valence electrons. The molecule has 0 aliphatic carbocycles. The predicted octanol–water partition coefficient (Wildman–Crippen LogP) is 1.30. The lowest BCUT2D eigenvalue weighted by Gasteiger charge is -2.49. The summed E-state index contributed by atoms with van der Waals surface area (Å²) in [5, 5.41) is 23.6. The van der Waals surface area contributed by atoms with Gasteiger partial charge in [-0.2, -0.15) is 9.36 Å². The molecular formula is C22H20N8O6S4. The number of thioether (sulfide) groups is 2. The second-order valence-electron chi connectivity index (χ2n) is 8.00. The van der Waals surface area contributed by atoms with Crippen molar-refractivity contribution in [3.63, 3.8) is 0 Å². The van der Waals surface area contributed by atoms with Crippen LogP contribution in [0.2, 0.25) is 0 Å². The Hall–Kier alpha value is -3.74. The van der Waals surface area contributed by atoms with Crippen LogP contribution in [0.1, 0.15) is 5.82 Å². The topological polar surface area (TPSA) is 195 Å². The van der Waals surface area contributed by atoms with Gasteiger partial charge in [0.15, 0.2) is 16.1 Å². The third-order valence-electron chi connectivity index (χ3n) is 5.46. The molecule has 0 spiro atoms. The van der Waals surface area contributed by atoms with Crippen LogP contribution in [0.4, 0.5) is 5.13 Å². The van der Waals surface area contributed by atoms with E-state index in [0.29, 0.717) is 27.2 Å². The molecule has 4 heterocycles. The third kappa shape index (κ3) is 6.19. The molecule has 0 bridgehead atoms. The van der Waals surface area contributed by atoms with E-state index in [0.717, 1.165) is 11.5 Å². The minimum Gasteiger partial charge on any atom is -0.490 e. The van der Waals surface area contributed by atoms with Crippen LogP contribution in [0.25, 0.3) is 0 Å². The Bertz CT molecular complexity index is 1450. The number of aliphatic carboxylic acids is 1. The molecule has 1 unspecified atom stereocenters. The summed E-state index contributed by atoms with van der Waals surface area (Å²) in [4.78, 5) is 48.8. The number of carboxylic acids is 1. The van der Waals surface area contributed by atoms with Crippen LogP contribution in [0, 0.1) is 0 Å². The van der Waals surface area contributed by atoms with Crippen LogP contribution >= 0.6 is 46.4 Å². The van der Waals surface area contributed by atoms with Gasteiger partial charge in [0.25, 0.3) is 11.8 Å². The van der Waals surface area contributed by atoms with Gasteiger partial charge in [0.1, 0.15) is 35.0 Å². The van der Waals surface area contributed by atoms with E-state index in [4.69, 9.17) is 15.3 Å². The quantitative estimate of drug-likeness (QED) is 0.0863. The van der Waals surface area contributed by atoms with Crippen LogP contribution in [0.15, 0.2) is 56.6 Å². The number of carbonyl (C=O) groups excluding carboxylic acids is 2. The van der Waals surface area contributed by atoms with E-state index < -0.39 is 29.2 Å². The molecule has 0 saturated carbocycles. The van der Waals surface area contributed by atoms with Gasteiger partial charge >= 0.3 is 5.97 Å². The number of anilines is 1. The average molecular weight is 621 g/mol. The number of nitrogens with two attached hydrogens (primary N) is 1. The molecule has 1 aromatic carbocycles. The molecule has 40 heavy (non-hydrogen) atoms. The van der Waals surface area contributed by atoms with Gasteiger partial charge in [-0.15, -0.1) is 22.0 Å². The van der Waals surface area contributed by atoms with Crippen LogP contribution in [-0.2, 0) is 19.2 Å². The van der Waals surface area contributed by atoms with Gasteiger partial charge in [0.2, 0.25) is 11.5 Å². The number of hydrogen-bond acceptors (Lipinski definition) is 15. The maximum absolute atomic E-state index is 13.2. The lowest BCUT2D eigenvalue weighted by molar-refractivity contribution is -0.150. The van der Waals surface area contributed by atoms with E-state index in [2.05, 4.69) is 30.0 Å². The van der Waals surface area contributed by atoms with Gasteiger partial charge in [0.05, 0.1) is 0 Å². The number of nitrogens with one attached hydrogen (secondary N) is 1. The number of fused-ring (bicyclic) bond motifs is 1. The number of hydrogen-bond donors (Lipinski definition) is 3. The number of β-lactam (4-membered cyclic amide) rings is 1.